The summed E-state index contributed by atoms with van der Waals surface area (Å²) in [5.41, 5.74) is 1.73. The van der Waals surface area contributed by atoms with Gasteiger partial charge in [0.25, 0.3) is 0 Å². The second-order valence-corrected chi connectivity index (χ2v) is 5.82. The minimum Gasteiger partial charge on any atom is -0.496 e. The molecule has 148 valence electrons. The van der Waals surface area contributed by atoms with Gasteiger partial charge in [0.1, 0.15) is 17.4 Å². The number of esters is 1. The molecule has 0 unspecified atom stereocenters. The number of nitrogens with one attached hydrogen (secondary N) is 3. The highest BCUT2D eigenvalue weighted by atomic mass is 16.5. The number of ether oxygens (including phenoxy) is 2. The Morgan fingerprint density at radius 2 is 1.75 bits per heavy atom. The molecule has 2 rings (SSSR count). The van der Waals surface area contributed by atoms with Crippen molar-refractivity contribution in [3.8, 4) is 5.75 Å². The van der Waals surface area contributed by atoms with Crippen LogP contribution in [0.3, 0.4) is 0 Å². The van der Waals surface area contributed by atoms with Crippen LogP contribution in [-0.2, 0) is 16.1 Å². The fourth-order valence-corrected chi connectivity index (χ4v) is 2.61. The average molecular weight is 385 g/mol. The van der Waals surface area contributed by atoms with Gasteiger partial charge in [0.15, 0.2) is 0 Å². The van der Waals surface area contributed by atoms with E-state index in [2.05, 4.69) is 16.0 Å². The molecule has 0 heterocycles. The first-order valence-electron chi connectivity index (χ1n) is 8.56. The quantitative estimate of drug-likeness (QED) is 0.628. The molecule has 0 aliphatic rings. The molecule has 0 saturated carbocycles. The number of methoxy groups -OCH3 is 2. The van der Waals surface area contributed by atoms with Crippen LogP contribution < -0.4 is 20.7 Å². The summed E-state index contributed by atoms with van der Waals surface area (Å²) in [6.45, 7) is 0.273. The lowest BCUT2D eigenvalue weighted by molar-refractivity contribution is -0.122. The zero-order valence-corrected chi connectivity index (χ0v) is 15.9. The lowest BCUT2D eigenvalue weighted by Gasteiger charge is -2.19. The van der Waals surface area contributed by atoms with Gasteiger partial charge in [-0.05, 0) is 23.3 Å². The van der Waals surface area contributed by atoms with E-state index in [9.17, 15) is 14.4 Å². The highest BCUT2D eigenvalue weighted by molar-refractivity contribution is 5.97. The van der Waals surface area contributed by atoms with Crippen molar-refractivity contribution < 1.29 is 23.9 Å². The first-order valence-corrected chi connectivity index (χ1v) is 8.56. The molecule has 28 heavy (non-hydrogen) atoms. The maximum Gasteiger partial charge on any atom is 0.341 e. The number of hydrogen-bond donors (Lipinski definition) is 3. The normalized spacial score (nSPS) is 11.2. The van der Waals surface area contributed by atoms with E-state index in [0.29, 0.717) is 11.3 Å². The van der Waals surface area contributed by atoms with E-state index in [4.69, 9.17) is 9.47 Å². The Hall–Kier alpha value is -3.39. The topological polar surface area (TPSA) is 106 Å². The van der Waals surface area contributed by atoms with Gasteiger partial charge >= 0.3 is 12.0 Å². The van der Waals surface area contributed by atoms with Gasteiger partial charge in [-0.15, -0.1) is 0 Å². The van der Waals surface area contributed by atoms with Crippen molar-refractivity contribution in [3.05, 3.63) is 65.2 Å². The molecule has 0 spiro atoms. The largest absolute Gasteiger partial charge is 0.496 e. The third-order valence-corrected chi connectivity index (χ3v) is 4.04. The molecular formula is C20H23N3O5. The Morgan fingerprint density at radius 1 is 1.04 bits per heavy atom. The molecule has 0 aliphatic carbocycles. The van der Waals surface area contributed by atoms with Crippen molar-refractivity contribution in [2.45, 2.75) is 12.6 Å². The molecule has 2 aromatic carbocycles. The van der Waals surface area contributed by atoms with Gasteiger partial charge < -0.3 is 14.8 Å². The van der Waals surface area contributed by atoms with Crippen LogP contribution in [0.2, 0.25) is 0 Å². The summed E-state index contributed by atoms with van der Waals surface area (Å²) in [5.74, 6) is -0.615. The van der Waals surface area contributed by atoms with E-state index < -0.39 is 23.9 Å². The fourth-order valence-electron chi connectivity index (χ4n) is 2.61. The van der Waals surface area contributed by atoms with E-state index in [1.54, 1.807) is 42.5 Å². The number of hydrogen-bond acceptors (Lipinski definition) is 6. The molecule has 0 aromatic heterocycles. The minimum atomic E-state index is -0.762. The molecule has 0 bridgehead atoms. The molecule has 2 aromatic rings. The summed E-state index contributed by atoms with van der Waals surface area (Å²) in [5, 5.41) is 7.75. The number of imide groups is 1. The highest BCUT2D eigenvalue weighted by Crippen LogP contribution is 2.21. The van der Waals surface area contributed by atoms with E-state index in [-0.39, 0.29) is 12.1 Å². The SMILES string of the molecule is CNC(=O)NC(=O)[C@@H](NCc1ccc(OC)c(C(=O)OC)c1)c1ccccc1. The minimum absolute atomic E-state index is 0.273. The summed E-state index contributed by atoms with van der Waals surface area (Å²) in [6, 6.07) is 12.7. The Kier molecular flexibility index (Phi) is 7.53. The zero-order valence-electron chi connectivity index (χ0n) is 15.9. The number of carbonyl (C=O) groups excluding carboxylic acids is 3. The molecule has 0 radical (unpaired) electrons. The van der Waals surface area contributed by atoms with Crippen molar-refractivity contribution in [1.29, 1.82) is 0 Å². The van der Waals surface area contributed by atoms with Gasteiger partial charge in [-0.1, -0.05) is 36.4 Å². The second kappa shape index (κ2) is 10.1. The maximum atomic E-state index is 12.5. The molecule has 0 aliphatic heterocycles. The first kappa shape index (κ1) is 20.9. The average Bonchev–Trinajstić information content (AvgIpc) is 2.73. The molecular weight excluding hydrogens is 362 g/mol. The van der Waals surface area contributed by atoms with Crippen molar-refractivity contribution in [1.82, 2.24) is 16.0 Å². The summed E-state index contributed by atoms with van der Waals surface area (Å²) < 4.78 is 9.96. The predicted octanol–water partition coefficient (Wildman–Crippen LogP) is 1.77. The van der Waals surface area contributed by atoms with E-state index in [1.807, 2.05) is 6.07 Å². The van der Waals surface area contributed by atoms with Gasteiger partial charge in [-0.3, -0.25) is 15.4 Å². The standard InChI is InChI=1S/C20H23N3O5/c1-21-20(26)23-18(24)17(14-7-5-4-6-8-14)22-12-13-9-10-16(27-2)15(11-13)19(25)28-3/h4-11,17,22H,12H2,1-3H3,(H2,21,23,24,26)/t17-/m0/s1. The summed E-state index contributed by atoms with van der Waals surface area (Å²) in [7, 11) is 4.19. The summed E-state index contributed by atoms with van der Waals surface area (Å²) in [4.78, 5) is 36.0. The van der Waals surface area contributed by atoms with Gasteiger partial charge in [0, 0.05) is 13.6 Å². The molecule has 8 heteroatoms. The maximum absolute atomic E-state index is 12.5. The summed E-state index contributed by atoms with van der Waals surface area (Å²) >= 11 is 0. The van der Waals surface area contributed by atoms with Crippen LogP contribution in [0.5, 0.6) is 5.75 Å². The van der Waals surface area contributed by atoms with Crippen LogP contribution in [0.4, 0.5) is 4.79 Å². The van der Waals surface area contributed by atoms with Gasteiger partial charge in [0.2, 0.25) is 5.91 Å². The smallest absolute Gasteiger partial charge is 0.341 e. The molecule has 3 amide bonds. The van der Waals surface area contributed by atoms with Crippen LogP contribution in [0.15, 0.2) is 48.5 Å². The predicted molar refractivity (Wildman–Crippen MR) is 103 cm³/mol. The van der Waals surface area contributed by atoms with Crippen molar-refractivity contribution in [2.24, 2.45) is 0 Å². The van der Waals surface area contributed by atoms with Crippen LogP contribution in [0.25, 0.3) is 0 Å². The Balaban J connectivity index is 2.22. The van der Waals surface area contributed by atoms with Gasteiger partial charge in [-0.2, -0.15) is 0 Å². The van der Waals surface area contributed by atoms with Crippen LogP contribution in [0.1, 0.15) is 27.5 Å². The monoisotopic (exact) mass is 385 g/mol. The van der Waals surface area contributed by atoms with Crippen LogP contribution in [0, 0.1) is 0 Å². The molecule has 0 saturated heterocycles. The lowest BCUT2D eigenvalue weighted by atomic mass is 10.0. The van der Waals surface area contributed by atoms with Crippen LogP contribution >= 0.6 is 0 Å². The number of urea groups is 1. The molecule has 0 fully saturated rings. The number of rotatable bonds is 7. The van der Waals surface area contributed by atoms with Gasteiger partial charge in [-0.25, -0.2) is 9.59 Å². The molecule has 8 nitrogen and oxygen atoms in total. The second-order valence-electron chi connectivity index (χ2n) is 5.82. The van der Waals surface area contributed by atoms with E-state index in [0.717, 1.165) is 5.56 Å². The summed E-state index contributed by atoms with van der Waals surface area (Å²) in [6.07, 6.45) is 0. The Morgan fingerprint density at radius 3 is 2.36 bits per heavy atom. The number of carbonyl (C=O) groups is 3. The van der Waals surface area contributed by atoms with E-state index in [1.165, 1.54) is 21.3 Å². The van der Waals surface area contributed by atoms with Crippen molar-refractivity contribution in [2.75, 3.05) is 21.3 Å². The van der Waals surface area contributed by atoms with Crippen molar-refractivity contribution >= 4 is 17.9 Å². The van der Waals surface area contributed by atoms with E-state index >= 15 is 0 Å². The highest BCUT2D eigenvalue weighted by Gasteiger charge is 2.22. The number of amides is 3. The van der Waals surface area contributed by atoms with Crippen LogP contribution in [-0.4, -0.2) is 39.2 Å². The Bertz CT molecular complexity index is 839. The molecule has 3 N–H and O–H groups in total. The van der Waals surface area contributed by atoms with Crippen molar-refractivity contribution in [3.63, 3.8) is 0 Å². The zero-order chi connectivity index (χ0) is 20.5. The molecule has 1 atom stereocenters. The first-order chi connectivity index (χ1) is 13.5. The number of benzene rings is 2. The fraction of sp³-hybridized carbons (Fsp3) is 0.250. The lowest BCUT2D eigenvalue weighted by Crippen LogP contribution is -2.44. The third-order valence-electron chi connectivity index (χ3n) is 4.04. The van der Waals surface area contributed by atoms with Gasteiger partial charge in [0.05, 0.1) is 14.2 Å². The third kappa shape index (κ3) is 5.31. The Labute approximate surface area is 163 Å².